The summed E-state index contributed by atoms with van der Waals surface area (Å²) < 4.78 is 0. The summed E-state index contributed by atoms with van der Waals surface area (Å²) in [6.07, 6.45) is 0.485. The van der Waals surface area contributed by atoms with Gasteiger partial charge in [-0.15, -0.1) is 0 Å². The standard InChI is InChI=1S/C14H16N2O2S/c1-9(2)11-5-4-10(3)6-12(11)16-13(18)7-19-14(16)15-8-17/h4-6,8-9H,7H2,1-3H3. The van der Waals surface area contributed by atoms with E-state index in [1.54, 1.807) is 4.90 Å². The van der Waals surface area contributed by atoms with Gasteiger partial charge in [-0.25, -0.2) is 0 Å². The molecule has 0 unspecified atom stereocenters. The first kappa shape index (κ1) is 13.8. The number of carbonyl (C=O) groups excluding carboxylic acids is 2. The van der Waals surface area contributed by atoms with Gasteiger partial charge in [-0.05, 0) is 30.0 Å². The quantitative estimate of drug-likeness (QED) is 0.798. The Balaban J connectivity index is 2.55. The molecule has 1 saturated heterocycles. The Morgan fingerprint density at radius 2 is 2.16 bits per heavy atom. The Labute approximate surface area is 116 Å². The summed E-state index contributed by atoms with van der Waals surface area (Å²) in [4.78, 5) is 28.0. The number of amidine groups is 1. The third kappa shape index (κ3) is 2.71. The highest BCUT2D eigenvalue weighted by Gasteiger charge is 2.31. The number of anilines is 1. The third-order valence-corrected chi connectivity index (χ3v) is 3.91. The van der Waals surface area contributed by atoms with Gasteiger partial charge in [0.15, 0.2) is 5.17 Å². The second kappa shape index (κ2) is 5.57. The van der Waals surface area contributed by atoms with E-state index in [1.165, 1.54) is 11.8 Å². The summed E-state index contributed by atoms with van der Waals surface area (Å²) in [6, 6.07) is 6.03. The predicted molar refractivity (Wildman–Crippen MR) is 78.7 cm³/mol. The van der Waals surface area contributed by atoms with Crippen molar-refractivity contribution in [3.63, 3.8) is 0 Å². The van der Waals surface area contributed by atoms with Gasteiger partial charge in [0.25, 0.3) is 0 Å². The first-order valence-electron chi connectivity index (χ1n) is 6.12. The van der Waals surface area contributed by atoms with Gasteiger partial charge >= 0.3 is 0 Å². The third-order valence-electron chi connectivity index (χ3n) is 2.98. The topological polar surface area (TPSA) is 49.7 Å². The molecule has 100 valence electrons. The molecule has 0 bridgehead atoms. The van der Waals surface area contributed by atoms with Crippen molar-refractivity contribution in [2.24, 2.45) is 4.99 Å². The summed E-state index contributed by atoms with van der Waals surface area (Å²) in [5.41, 5.74) is 3.00. The fourth-order valence-corrected chi connectivity index (χ4v) is 2.90. The van der Waals surface area contributed by atoms with Gasteiger partial charge in [0.05, 0.1) is 11.4 Å². The molecule has 0 saturated carbocycles. The van der Waals surface area contributed by atoms with Gasteiger partial charge in [0, 0.05) is 0 Å². The molecule has 2 rings (SSSR count). The number of hydrogen-bond acceptors (Lipinski definition) is 3. The highest BCUT2D eigenvalue weighted by atomic mass is 32.2. The van der Waals surface area contributed by atoms with E-state index >= 15 is 0 Å². The highest BCUT2D eigenvalue weighted by Crippen LogP contribution is 2.33. The molecule has 2 amide bonds. The van der Waals surface area contributed by atoms with Gasteiger partial charge in [-0.2, -0.15) is 4.99 Å². The van der Waals surface area contributed by atoms with Crippen molar-refractivity contribution in [2.75, 3.05) is 10.7 Å². The van der Waals surface area contributed by atoms with E-state index < -0.39 is 0 Å². The van der Waals surface area contributed by atoms with Crippen LogP contribution in [-0.2, 0) is 9.59 Å². The second-order valence-corrected chi connectivity index (χ2v) is 5.69. The van der Waals surface area contributed by atoms with E-state index in [0.29, 0.717) is 23.2 Å². The number of benzene rings is 1. The molecular weight excluding hydrogens is 260 g/mol. The zero-order chi connectivity index (χ0) is 14.0. The molecule has 0 aromatic heterocycles. The van der Waals surface area contributed by atoms with Crippen LogP contribution in [0.15, 0.2) is 23.2 Å². The lowest BCUT2D eigenvalue weighted by Gasteiger charge is -2.21. The number of amides is 2. The zero-order valence-corrected chi connectivity index (χ0v) is 12.0. The van der Waals surface area contributed by atoms with Gasteiger partial charge in [0.2, 0.25) is 12.3 Å². The van der Waals surface area contributed by atoms with Crippen LogP contribution in [-0.4, -0.2) is 23.2 Å². The summed E-state index contributed by atoms with van der Waals surface area (Å²) in [6.45, 7) is 6.15. The van der Waals surface area contributed by atoms with Crippen molar-refractivity contribution in [1.29, 1.82) is 0 Å². The van der Waals surface area contributed by atoms with Crippen molar-refractivity contribution in [1.82, 2.24) is 0 Å². The molecule has 19 heavy (non-hydrogen) atoms. The van der Waals surface area contributed by atoms with E-state index in [1.807, 2.05) is 25.1 Å². The van der Waals surface area contributed by atoms with Crippen LogP contribution in [0, 0.1) is 6.92 Å². The van der Waals surface area contributed by atoms with E-state index in [4.69, 9.17) is 0 Å². The lowest BCUT2D eigenvalue weighted by molar-refractivity contribution is -0.115. The molecule has 1 aromatic rings. The van der Waals surface area contributed by atoms with Crippen LogP contribution in [0.1, 0.15) is 30.9 Å². The van der Waals surface area contributed by atoms with Crippen LogP contribution in [0.4, 0.5) is 5.69 Å². The van der Waals surface area contributed by atoms with Crippen LogP contribution in [0.5, 0.6) is 0 Å². The number of nitrogens with zero attached hydrogens (tertiary/aromatic N) is 2. The summed E-state index contributed by atoms with van der Waals surface area (Å²) in [7, 11) is 0. The fourth-order valence-electron chi connectivity index (χ4n) is 2.08. The minimum Gasteiger partial charge on any atom is -0.276 e. The van der Waals surface area contributed by atoms with Crippen molar-refractivity contribution in [3.8, 4) is 0 Å². The minimum atomic E-state index is -0.0295. The molecule has 0 N–H and O–H groups in total. The molecule has 1 heterocycles. The molecule has 4 nitrogen and oxygen atoms in total. The Bertz CT molecular complexity index is 552. The average molecular weight is 276 g/mol. The Morgan fingerprint density at radius 3 is 2.79 bits per heavy atom. The van der Waals surface area contributed by atoms with Crippen LogP contribution in [0.2, 0.25) is 0 Å². The maximum Gasteiger partial charge on any atom is 0.243 e. The first-order valence-corrected chi connectivity index (χ1v) is 7.11. The second-order valence-electron chi connectivity index (χ2n) is 4.75. The number of rotatable bonds is 3. The normalized spacial score (nSPS) is 17.6. The van der Waals surface area contributed by atoms with Gasteiger partial charge in [-0.3, -0.25) is 14.5 Å². The van der Waals surface area contributed by atoms with E-state index in [2.05, 4.69) is 18.8 Å². The monoisotopic (exact) mass is 276 g/mol. The molecular formula is C14H16N2O2S. The lowest BCUT2D eigenvalue weighted by atomic mass is 9.99. The summed E-state index contributed by atoms with van der Waals surface area (Å²) in [5, 5.41) is 0.465. The van der Waals surface area contributed by atoms with Crippen LogP contribution < -0.4 is 4.90 Å². The van der Waals surface area contributed by atoms with Crippen LogP contribution in [0.25, 0.3) is 0 Å². The summed E-state index contributed by atoms with van der Waals surface area (Å²) in [5.74, 6) is 0.600. The van der Waals surface area contributed by atoms with Gasteiger partial charge in [-0.1, -0.05) is 37.7 Å². The number of thioether (sulfide) groups is 1. The van der Waals surface area contributed by atoms with E-state index in [0.717, 1.165) is 16.8 Å². The highest BCUT2D eigenvalue weighted by molar-refractivity contribution is 8.15. The van der Waals surface area contributed by atoms with Crippen LogP contribution in [0.3, 0.4) is 0 Å². The Morgan fingerprint density at radius 1 is 1.42 bits per heavy atom. The van der Waals surface area contributed by atoms with Gasteiger partial charge in [0.1, 0.15) is 0 Å². The molecule has 1 aliphatic heterocycles. The molecule has 1 fully saturated rings. The van der Waals surface area contributed by atoms with Crippen molar-refractivity contribution < 1.29 is 9.59 Å². The number of aryl methyl sites for hydroxylation is 1. The Kier molecular flexibility index (Phi) is 4.04. The van der Waals surface area contributed by atoms with Crippen molar-refractivity contribution >= 4 is 34.9 Å². The fraction of sp³-hybridized carbons (Fsp3) is 0.357. The number of aliphatic imine (C=N–C) groups is 1. The van der Waals surface area contributed by atoms with Crippen molar-refractivity contribution in [2.45, 2.75) is 26.7 Å². The largest absolute Gasteiger partial charge is 0.276 e. The molecule has 0 atom stereocenters. The van der Waals surface area contributed by atoms with Gasteiger partial charge < -0.3 is 0 Å². The predicted octanol–water partition coefficient (Wildman–Crippen LogP) is 2.71. The summed E-state index contributed by atoms with van der Waals surface area (Å²) >= 11 is 1.30. The maximum absolute atomic E-state index is 12.1. The molecule has 0 aliphatic carbocycles. The number of hydrogen-bond donors (Lipinski definition) is 0. The molecule has 0 spiro atoms. The zero-order valence-electron chi connectivity index (χ0n) is 11.2. The smallest absolute Gasteiger partial charge is 0.243 e. The van der Waals surface area contributed by atoms with Crippen LogP contribution >= 0.6 is 11.8 Å². The average Bonchev–Trinajstić information content (AvgIpc) is 2.70. The van der Waals surface area contributed by atoms with Crippen molar-refractivity contribution in [3.05, 3.63) is 29.3 Å². The molecule has 0 radical (unpaired) electrons. The minimum absolute atomic E-state index is 0.0295. The van der Waals surface area contributed by atoms with E-state index in [-0.39, 0.29) is 5.91 Å². The first-order chi connectivity index (χ1) is 9.04. The Hall–Kier alpha value is -1.62. The van der Waals surface area contributed by atoms with E-state index in [9.17, 15) is 9.59 Å². The number of carbonyl (C=O) groups is 2. The SMILES string of the molecule is Cc1ccc(C(C)C)c(N2C(=O)CSC2=NC=O)c1. The lowest BCUT2D eigenvalue weighted by Crippen LogP contribution is -2.30. The molecule has 5 heteroatoms. The molecule has 1 aromatic carbocycles. The maximum atomic E-state index is 12.1. The molecule has 1 aliphatic rings.